The van der Waals surface area contributed by atoms with Crippen LogP contribution < -0.4 is 10.5 Å². The number of benzene rings is 2. The fourth-order valence-corrected chi connectivity index (χ4v) is 2.96. The summed E-state index contributed by atoms with van der Waals surface area (Å²) in [7, 11) is 0. The molecule has 0 aliphatic heterocycles. The van der Waals surface area contributed by atoms with Crippen LogP contribution in [-0.4, -0.2) is 11.7 Å². The Morgan fingerprint density at radius 2 is 1.93 bits per heavy atom. The molecule has 3 rings (SSSR count). The van der Waals surface area contributed by atoms with Gasteiger partial charge in [-0.2, -0.15) is 0 Å². The first-order chi connectivity index (χ1) is 12.9. The first kappa shape index (κ1) is 18.9. The third kappa shape index (κ3) is 3.79. The van der Waals surface area contributed by atoms with Crippen molar-refractivity contribution in [2.24, 2.45) is 0 Å². The fourth-order valence-electron chi connectivity index (χ4n) is 2.96. The minimum Gasteiger partial charge on any atom is -0.508 e. The normalized spacial score (nSPS) is 14.1. The smallest absolute Gasteiger partial charge is 0.175 e. The van der Waals surface area contributed by atoms with Crippen molar-refractivity contribution >= 4 is 11.3 Å². The fraction of sp³-hybridized carbons (Fsp3) is 0.238. The summed E-state index contributed by atoms with van der Waals surface area (Å²) in [4.78, 5) is 0. The van der Waals surface area contributed by atoms with Crippen molar-refractivity contribution in [2.75, 3.05) is 12.3 Å². The van der Waals surface area contributed by atoms with Gasteiger partial charge >= 0.3 is 0 Å². The zero-order valence-corrected chi connectivity index (χ0v) is 14.9. The van der Waals surface area contributed by atoms with E-state index < -0.39 is 17.5 Å². The molecule has 1 saturated carbocycles. The van der Waals surface area contributed by atoms with Crippen LogP contribution in [0.3, 0.4) is 0 Å². The Balaban J connectivity index is 2.25. The Hall–Kier alpha value is -2.89. The number of hydrogen-bond acceptors (Lipinski definition) is 3. The molecular weight excluding hydrogens is 355 g/mol. The zero-order valence-electron chi connectivity index (χ0n) is 14.9. The van der Waals surface area contributed by atoms with E-state index in [-0.39, 0.29) is 40.5 Å². The van der Waals surface area contributed by atoms with Gasteiger partial charge in [0, 0.05) is 16.8 Å². The molecule has 0 saturated heterocycles. The Labute approximate surface area is 155 Å². The van der Waals surface area contributed by atoms with Gasteiger partial charge in [-0.3, -0.25) is 0 Å². The summed E-state index contributed by atoms with van der Waals surface area (Å²) in [5.41, 5.74) is 6.57. The zero-order chi connectivity index (χ0) is 19.6. The lowest BCUT2D eigenvalue weighted by atomic mass is 9.89. The first-order valence-electron chi connectivity index (χ1n) is 8.71. The van der Waals surface area contributed by atoms with E-state index in [1.165, 1.54) is 18.2 Å². The lowest BCUT2D eigenvalue weighted by Crippen LogP contribution is -2.06. The average molecular weight is 375 g/mol. The summed E-state index contributed by atoms with van der Waals surface area (Å²) >= 11 is 0. The largest absolute Gasteiger partial charge is 0.508 e. The van der Waals surface area contributed by atoms with Crippen molar-refractivity contribution in [1.29, 1.82) is 0 Å². The van der Waals surface area contributed by atoms with E-state index in [1.807, 2.05) is 0 Å². The number of anilines is 1. The van der Waals surface area contributed by atoms with Crippen molar-refractivity contribution < 1.29 is 23.0 Å². The molecule has 0 heterocycles. The SMILES string of the molecule is CCOc1ccc(F)c(/C(=C\C(O)=C2CCC2)c2ccc(F)cc2N)c1F. The van der Waals surface area contributed by atoms with Crippen LogP contribution in [0.25, 0.3) is 5.57 Å². The van der Waals surface area contributed by atoms with Crippen LogP contribution in [0.15, 0.2) is 47.7 Å². The molecule has 2 aromatic rings. The molecule has 27 heavy (non-hydrogen) atoms. The summed E-state index contributed by atoms with van der Waals surface area (Å²) in [5, 5.41) is 10.4. The van der Waals surface area contributed by atoms with Crippen LogP contribution in [0.2, 0.25) is 0 Å². The van der Waals surface area contributed by atoms with Crippen molar-refractivity contribution in [3.63, 3.8) is 0 Å². The maximum absolute atomic E-state index is 15.0. The van der Waals surface area contributed by atoms with Crippen LogP contribution in [0.4, 0.5) is 18.9 Å². The summed E-state index contributed by atoms with van der Waals surface area (Å²) < 4.78 is 48.3. The maximum atomic E-state index is 15.0. The van der Waals surface area contributed by atoms with Crippen molar-refractivity contribution in [3.8, 4) is 5.75 Å². The number of aliphatic hydroxyl groups excluding tert-OH is 1. The molecule has 6 heteroatoms. The van der Waals surface area contributed by atoms with Gasteiger partial charge in [0.05, 0.1) is 12.2 Å². The number of ether oxygens (including phenoxy) is 1. The number of allylic oxidation sites excluding steroid dienone is 2. The average Bonchev–Trinajstić information content (AvgIpc) is 2.55. The molecule has 0 unspecified atom stereocenters. The van der Waals surface area contributed by atoms with Gasteiger partial charge in [0.2, 0.25) is 0 Å². The van der Waals surface area contributed by atoms with Gasteiger partial charge in [0.1, 0.15) is 17.4 Å². The minimum absolute atomic E-state index is 0.00766. The second kappa shape index (κ2) is 7.78. The maximum Gasteiger partial charge on any atom is 0.175 e. The van der Waals surface area contributed by atoms with Crippen LogP contribution in [0, 0.1) is 17.5 Å². The number of halogens is 3. The van der Waals surface area contributed by atoms with Gasteiger partial charge in [-0.25, -0.2) is 13.2 Å². The number of aliphatic hydroxyl groups is 1. The highest BCUT2D eigenvalue weighted by Gasteiger charge is 2.23. The summed E-state index contributed by atoms with van der Waals surface area (Å²) in [5.74, 6) is -2.48. The molecule has 0 atom stereocenters. The highest BCUT2D eigenvalue weighted by Crippen LogP contribution is 2.37. The highest BCUT2D eigenvalue weighted by molar-refractivity contribution is 5.87. The van der Waals surface area contributed by atoms with Gasteiger partial charge < -0.3 is 15.6 Å². The highest BCUT2D eigenvalue weighted by atomic mass is 19.1. The molecule has 1 fully saturated rings. The molecule has 0 spiro atoms. The quantitative estimate of drug-likeness (QED) is 0.535. The molecule has 1 aliphatic carbocycles. The van der Waals surface area contributed by atoms with Crippen LogP contribution in [-0.2, 0) is 0 Å². The second-order valence-corrected chi connectivity index (χ2v) is 6.30. The molecule has 3 nitrogen and oxygen atoms in total. The van der Waals surface area contributed by atoms with Gasteiger partial charge in [-0.05, 0) is 68.2 Å². The number of nitrogen functional groups attached to an aromatic ring is 1. The van der Waals surface area contributed by atoms with Crippen molar-refractivity contribution in [2.45, 2.75) is 26.2 Å². The van der Waals surface area contributed by atoms with E-state index in [1.54, 1.807) is 6.92 Å². The van der Waals surface area contributed by atoms with E-state index in [0.717, 1.165) is 43.0 Å². The number of hydrogen-bond donors (Lipinski definition) is 2. The first-order valence-corrected chi connectivity index (χ1v) is 8.71. The lowest BCUT2D eigenvalue weighted by Gasteiger charge is -2.19. The molecular formula is C21H20F3NO2. The Kier molecular flexibility index (Phi) is 5.44. The molecule has 0 bridgehead atoms. The Bertz CT molecular complexity index is 929. The molecule has 1 aliphatic rings. The number of nitrogens with two attached hydrogens (primary N) is 1. The minimum atomic E-state index is -0.904. The molecule has 2 aromatic carbocycles. The topological polar surface area (TPSA) is 55.5 Å². The Morgan fingerprint density at radius 1 is 1.19 bits per heavy atom. The van der Waals surface area contributed by atoms with Gasteiger partial charge in [0.15, 0.2) is 11.6 Å². The molecule has 0 aromatic heterocycles. The predicted octanol–water partition coefficient (Wildman–Crippen LogP) is 5.51. The molecule has 0 amide bonds. The van der Waals surface area contributed by atoms with Gasteiger partial charge in [0.25, 0.3) is 0 Å². The summed E-state index contributed by atoms with van der Waals surface area (Å²) in [6.07, 6.45) is 3.68. The van der Waals surface area contributed by atoms with E-state index in [4.69, 9.17) is 10.5 Å². The van der Waals surface area contributed by atoms with Gasteiger partial charge in [-0.1, -0.05) is 0 Å². The standard InChI is InChI=1S/C21H20F3NO2/c1-2-27-19-9-8-16(23)20(21(19)24)15(11-18(26)12-4-3-5-12)14-7-6-13(22)10-17(14)25/h6-11,26H,2-5,25H2,1H3/b15-11-. The summed E-state index contributed by atoms with van der Waals surface area (Å²) in [6.45, 7) is 1.89. The van der Waals surface area contributed by atoms with E-state index >= 15 is 0 Å². The van der Waals surface area contributed by atoms with Crippen LogP contribution >= 0.6 is 0 Å². The van der Waals surface area contributed by atoms with Crippen molar-refractivity contribution in [1.82, 2.24) is 0 Å². The van der Waals surface area contributed by atoms with Crippen LogP contribution in [0.5, 0.6) is 5.75 Å². The van der Waals surface area contributed by atoms with E-state index in [2.05, 4.69) is 0 Å². The van der Waals surface area contributed by atoms with Gasteiger partial charge in [-0.15, -0.1) is 0 Å². The third-order valence-electron chi connectivity index (χ3n) is 4.53. The van der Waals surface area contributed by atoms with Crippen molar-refractivity contribution in [3.05, 3.63) is 76.3 Å². The van der Waals surface area contributed by atoms with E-state index in [9.17, 15) is 18.3 Å². The molecule has 0 radical (unpaired) electrons. The summed E-state index contributed by atoms with van der Waals surface area (Å²) in [6, 6.07) is 5.84. The predicted molar refractivity (Wildman–Crippen MR) is 98.9 cm³/mol. The number of rotatable bonds is 5. The monoisotopic (exact) mass is 375 g/mol. The van der Waals surface area contributed by atoms with E-state index in [0.29, 0.717) is 0 Å². The van der Waals surface area contributed by atoms with Crippen LogP contribution in [0.1, 0.15) is 37.3 Å². The molecule has 3 N–H and O–H groups in total. The Morgan fingerprint density at radius 3 is 2.52 bits per heavy atom. The lowest BCUT2D eigenvalue weighted by molar-refractivity contribution is 0.320. The third-order valence-corrected chi connectivity index (χ3v) is 4.53. The molecule has 142 valence electrons. The second-order valence-electron chi connectivity index (χ2n) is 6.30.